The molecule has 0 aliphatic carbocycles. The molecule has 2 N–H and O–H groups in total. The quantitative estimate of drug-likeness (QED) is 0.768. The van der Waals surface area contributed by atoms with E-state index in [1.807, 2.05) is 0 Å². The average Bonchev–Trinajstić information content (AvgIpc) is 2.84. The van der Waals surface area contributed by atoms with E-state index in [1.54, 1.807) is 29.0 Å². The SMILES string of the molecule is COCC(N)C(=O)N1CCN(c2cnn(C)c2)C(=O)C1.Cl. The van der Waals surface area contributed by atoms with Crippen molar-refractivity contribution in [1.82, 2.24) is 14.7 Å². The van der Waals surface area contributed by atoms with Crippen molar-refractivity contribution in [3.63, 3.8) is 0 Å². The third-order valence-corrected chi connectivity index (χ3v) is 3.20. The summed E-state index contributed by atoms with van der Waals surface area (Å²) in [5.41, 5.74) is 6.44. The van der Waals surface area contributed by atoms with Gasteiger partial charge in [0.1, 0.15) is 12.6 Å². The fraction of sp³-hybridized carbons (Fsp3) is 0.583. The Bertz CT molecular complexity index is 507. The maximum atomic E-state index is 12.1. The van der Waals surface area contributed by atoms with Crippen LogP contribution in [0.2, 0.25) is 0 Å². The van der Waals surface area contributed by atoms with Crippen LogP contribution in [0.5, 0.6) is 0 Å². The molecule has 1 saturated heterocycles. The van der Waals surface area contributed by atoms with Crippen LogP contribution in [0, 0.1) is 0 Å². The molecule has 0 spiro atoms. The number of ether oxygens (including phenoxy) is 1. The van der Waals surface area contributed by atoms with Crippen molar-refractivity contribution in [2.45, 2.75) is 6.04 Å². The molecular weight excluding hydrogens is 298 g/mol. The molecule has 1 atom stereocenters. The van der Waals surface area contributed by atoms with Crippen molar-refractivity contribution in [2.24, 2.45) is 12.8 Å². The summed E-state index contributed by atoms with van der Waals surface area (Å²) in [6, 6.07) is -0.724. The van der Waals surface area contributed by atoms with Gasteiger partial charge >= 0.3 is 0 Å². The summed E-state index contributed by atoms with van der Waals surface area (Å²) in [6.07, 6.45) is 3.40. The third-order valence-electron chi connectivity index (χ3n) is 3.20. The number of hydrogen-bond donors (Lipinski definition) is 1. The zero-order chi connectivity index (χ0) is 14.7. The molecule has 1 aliphatic rings. The van der Waals surface area contributed by atoms with Gasteiger partial charge in [0, 0.05) is 33.4 Å². The van der Waals surface area contributed by atoms with E-state index in [4.69, 9.17) is 10.5 Å². The first-order valence-corrected chi connectivity index (χ1v) is 6.35. The smallest absolute Gasteiger partial charge is 0.246 e. The molecule has 2 heterocycles. The normalized spacial score (nSPS) is 16.6. The van der Waals surface area contributed by atoms with Crippen LogP contribution in [-0.4, -0.2) is 65.9 Å². The standard InChI is InChI=1S/C12H19N5O3.ClH/c1-15-6-9(5-14-15)17-4-3-16(7-11(17)18)12(19)10(13)8-20-2;/h5-6,10H,3-4,7-8,13H2,1-2H3;1H. The molecule has 0 bridgehead atoms. The van der Waals surface area contributed by atoms with Crippen LogP contribution < -0.4 is 10.6 Å². The van der Waals surface area contributed by atoms with Gasteiger partial charge in [-0.2, -0.15) is 5.10 Å². The van der Waals surface area contributed by atoms with Gasteiger partial charge in [0.2, 0.25) is 11.8 Å². The van der Waals surface area contributed by atoms with E-state index in [9.17, 15) is 9.59 Å². The predicted octanol–water partition coefficient (Wildman–Crippen LogP) is -1.01. The molecule has 1 unspecified atom stereocenters. The summed E-state index contributed by atoms with van der Waals surface area (Å²) >= 11 is 0. The van der Waals surface area contributed by atoms with Crippen LogP contribution in [0.1, 0.15) is 0 Å². The number of halogens is 1. The molecule has 21 heavy (non-hydrogen) atoms. The second-order valence-electron chi connectivity index (χ2n) is 4.74. The van der Waals surface area contributed by atoms with Gasteiger partial charge < -0.3 is 20.3 Å². The maximum Gasteiger partial charge on any atom is 0.246 e. The monoisotopic (exact) mass is 317 g/mol. The van der Waals surface area contributed by atoms with Crippen LogP contribution in [0.15, 0.2) is 12.4 Å². The molecule has 1 aromatic heterocycles. The van der Waals surface area contributed by atoms with E-state index in [-0.39, 0.29) is 37.4 Å². The third kappa shape index (κ3) is 3.93. The predicted molar refractivity (Wildman–Crippen MR) is 79.2 cm³/mol. The molecular formula is C12H20ClN5O3. The van der Waals surface area contributed by atoms with Crippen molar-refractivity contribution in [2.75, 3.05) is 38.3 Å². The van der Waals surface area contributed by atoms with Gasteiger partial charge in [0.05, 0.1) is 18.5 Å². The maximum absolute atomic E-state index is 12.1. The van der Waals surface area contributed by atoms with E-state index in [1.165, 1.54) is 12.0 Å². The van der Waals surface area contributed by atoms with Gasteiger partial charge in [-0.25, -0.2) is 0 Å². The van der Waals surface area contributed by atoms with E-state index >= 15 is 0 Å². The van der Waals surface area contributed by atoms with Gasteiger partial charge in [0.15, 0.2) is 0 Å². The number of aryl methyl sites for hydroxylation is 1. The van der Waals surface area contributed by atoms with Gasteiger partial charge in [-0.3, -0.25) is 14.3 Å². The van der Waals surface area contributed by atoms with Gasteiger partial charge in [-0.1, -0.05) is 0 Å². The van der Waals surface area contributed by atoms with Crippen molar-refractivity contribution >= 4 is 29.9 Å². The molecule has 9 heteroatoms. The summed E-state index contributed by atoms with van der Waals surface area (Å²) < 4.78 is 6.49. The minimum atomic E-state index is -0.724. The summed E-state index contributed by atoms with van der Waals surface area (Å²) in [6.45, 7) is 1.08. The van der Waals surface area contributed by atoms with E-state index in [2.05, 4.69) is 5.10 Å². The lowest BCUT2D eigenvalue weighted by Crippen LogP contribution is -2.56. The Hall–Kier alpha value is -1.64. The molecule has 0 saturated carbocycles. The van der Waals surface area contributed by atoms with E-state index < -0.39 is 6.04 Å². The van der Waals surface area contributed by atoms with Gasteiger partial charge in [0.25, 0.3) is 0 Å². The first-order valence-electron chi connectivity index (χ1n) is 6.35. The molecule has 1 fully saturated rings. The topological polar surface area (TPSA) is 93.7 Å². The van der Waals surface area contributed by atoms with Crippen molar-refractivity contribution in [1.29, 1.82) is 0 Å². The number of nitrogens with zero attached hydrogens (tertiary/aromatic N) is 4. The number of amides is 2. The minimum Gasteiger partial charge on any atom is -0.383 e. The zero-order valence-corrected chi connectivity index (χ0v) is 12.9. The number of carbonyl (C=O) groups is 2. The van der Waals surface area contributed by atoms with Crippen molar-refractivity contribution in [3.8, 4) is 0 Å². The van der Waals surface area contributed by atoms with Crippen LogP contribution in [-0.2, 0) is 21.4 Å². The molecule has 0 radical (unpaired) electrons. The second-order valence-corrected chi connectivity index (χ2v) is 4.74. The zero-order valence-electron chi connectivity index (χ0n) is 12.1. The largest absolute Gasteiger partial charge is 0.383 e. The molecule has 0 aromatic carbocycles. The minimum absolute atomic E-state index is 0. The number of anilines is 1. The number of methoxy groups -OCH3 is 1. The Morgan fingerprint density at radius 1 is 1.52 bits per heavy atom. The molecule has 2 amide bonds. The highest BCUT2D eigenvalue weighted by Gasteiger charge is 2.30. The summed E-state index contributed by atoms with van der Waals surface area (Å²) in [5, 5.41) is 4.04. The Balaban J connectivity index is 0.00000220. The Morgan fingerprint density at radius 2 is 2.24 bits per heavy atom. The highest BCUT2D eigenvalue weighted by Crippen LogP contribution is 2.16. The first-order chi connectivity index (χ1) is 9.52. The van der Waals surface area contributed by atoms with Crippen molar-refractivity contribution < 1.29 is 14.3 Å². The molecule has 118 valence electrons. The fourth-order valence-corrected chi connectivity index (χ4v) is 2.17. The lowest BCUT2D eigenvalue weighted by atomic mass is 10.2. The molecule has 1 aliphatic heterocycles. The summed E-state index contributed by atoms with van der Waals surface area (Å²) in [5.74, 6) is -0.395. The number of hydrogen-bond acceptors (Lipinski definition) is 5. The lowest BCUT2D eigenvalue weighted by Gasteiger charge is -2.34. The molecule has 2 rings (SSSR count). The number of piperazine rings is 1. The Labute approximate surface area is 129 Å². The number of carbonyl (C=O) groups excluding carboxylic acids is 2. The number of nitrogens with two attached hydrogens (primary N) is 1. The Morgan fingerprint density at radius 3 is 2.76 bits per heavy atom. The summed E-state index contributed by atoms with van der Waals surface area (Å²) in [4.78, 5) is 27.2. The molecule has 1 aromatic rings. The van der Waals surface area contributed by atoms with Crippen LogP contribution in [0.4, 0.5) is 5.69 Å². The van der Waals surface area contributed by atoms with E-state index in [0.717, 1.165) is 5.69 Å². The van der Waals surface area contributed by atoms with E-state index in [0.29, 0.717) is 13.1 Å². The van der Waals surface area contributed by atoms with Gasteiger partial charge in [-0.05, 0) is 0 Å². The van der Waals surface area contributed by atoms with Gasteiger partial charge in [-0.15, -0.1) is 12.4 Å². The highest BCUT2D eigenvalue weighted by molar-refractivity contribution is 5.98. The number of rotatable bonds is 4. The second kappa shape index (κ2) is 7.39. The Kier molecular flexibility index (Phi) is 6.13. The average molecular weight is 318 g/mol. The number of aromatic nitrogens is 2. The van der Waals surface area contributed by atoms with Crippen LogP contribution >= 0.6 is 12.4 Å². The fourth-order valence-electron chi connectivity index (χ4n) is 2.17. The molecule has 8 nitrogen and oxygen atoms in total. The summed E-state index contributed by atoms with van der Waals surface area (Å²) in [7, 11) is 3.27. The van der Waals surface area contributed by atoms with Crippen LogP contribution in [0.3, 0.4) is 0 Å². The van der Waals surface area contributed by atoms with Crippen LogP contribution in [0.25, 0.3) is 0 Å². The van der Waals surface area contributed by atoms with Crippen molar-refractivity contribution in [3.05, 3.63) is 12.4 Å². The lowest BCUT2D eigenvalue weighted by molar-refractivity contribution is -0.138. The first kappa shape index (κ1) is 17.4. The highest BCUT2D eigenvalue weighted by atomic mass is 35.5.